The molecule has 2 amide bonds. The Morgan fingerprint density at radius 3 is 2.96 bits per heavy atom. The summed E-state index contributed by atoms with van der Waals surface area (Å²) in [6.45, 7) is 5.37. The highest BCUT2D eigenvalue weighted by Crippen LogP contribution is 2.29. The summed E-state index contributed by atoms with van der Waals surface area (Å²) < 4.78 is 0. The topological polar surface area (TPSA) is 75.2 Å². The molecule has 0 bridgehead atoms. The quantitative estimate of drug-likeness (QED) is 0.925. The zero-order valence-electron chi connectivity index (χ0n) is 13.8. The van der Waals surface area contributed by atoms with E-state index in [0.29, 0.717) is 36.1 Å². The second kappa shape index (κ2) is 7.09. The summed E-state index contributed by atoms with van der Waals surface area (Å²) in [5.41, 5.74) is 1.48. The third-order valence-corrected chi connectivity index (χ3v) is 4.81. The molecular formula is C17H20N4O2S. The number of anilines is 1. The minimum Gasteiger partial charge on any atom is -0.337 e. The Bertz CT molecular complexity index is 742. The summed E-state index contributed by atoms with van der Waals surface area (Å²) >= 11 is 1.44. The average Bonchev–Trinajstić information content (AvgIpc) is 2.96. The minimum absolute atomic E-state index is 0.185. The fraction of sp³-hybridized carbons (Fsp3) is 0.412. The van der Waals surface area contributed by atoms with Crippen LogP contribution < -0.4 is 5.32 Å². The van der Waals surface area contributed by atoms with E-state index in [1.54, 1.807) is 18.3 Å². The maximum absolute atomic E-state index is 12.2. The molecule has 0 radical (unpaired) electrons. The van der Waals surface area contributed by atoms with Crippen LogP contribution in [0.2, 0.25) is 0 Å². The van der Waals surface area contributed by atoms with E-state index in [9.17, 15) is 9.59 Å². The number of aromatic nitrogens is 2. The number of carbonyl (C=O) groups excluding carboxylic acids is 2. The smallest absolute Gasteiger partial charge is 0.259 e. The van der Waals surface area contributed by atoms with E-state index in [0.717, 1.165) is 17.0 Å². The van der Waals surface area contributed by atoms with Crippen molar-refractivity contribution < 1.29 is 9.59 Å². The number of thiazole rings is 1. The van der Waals surface area contributed by atoms with Crippen molar-refractivity contribution in [2.24, 2.45) is 5.92 Å². The second-order valence-electron chi connectivity index (χ2n) is 6.25. The van der Waals surface area contributed by atoms with Crippen LogP contribution in [0.1, 0.15) is 41.2 Å². The van der Waals surface area contributed by atoms with Crippen molar-refractivity contribution in [3.63, 3.8) is 0 Å². The molecule has 0 fully saturated rings. The SMILES string of the molecule is CC(C)CC(=O)N1CCc2nc(NC(=O)c3cccnc3)sc2C1. The molecule has 3 rings (SSSR count). The number of fused-ring (bicyclic) bond motifs is 1. The molecule has 1 N–H and O–H groups in total. The zero-order valence-corrected chi connectivity index (χ0v) is 14.6. The number of rotatable bonds is 4. The molecular weight excluding hydrogens is 324 g/mol. The van der Waals surface area contributed by atoms with Gasteiger partial charge in [-0.05, 0) is 18.1 Å². The van der Waals surface area contributed by atoms with Gasteiger partial charge in [-0.3, -0.25) is 19.9 Å². The first-order chi connectivity index (χ1) is 11.5. The molecule has 0 aromatic carbocycles. The maximum Gasteiger partial charge on any atom is 0.259 e. The molecule has 0 saturated heterocycles. The van der Waals surface area contributed by atoms with Crippen molar-refractivity contribution in [1.29, 1.82) is 0 Å². The van der Waals surface area contributed by atoms with E-state index >= 15 is 0 Å². The molecule has 0 aliphatic carbocycles. The number of nitrogens with one attached hydrogen (secondary N) is 1. The van der Waals surface area contributed by atoms with E-state index in [-0.39, 0.29) is 11.8 Å². The number of pyridine rings is 1. The molecule has 24 heavy (non-hydrogen) atoms. The van der Waals surface area contributed by atoms with Gasteiger partial charge in [0, 0.05) is 36.7 Å². The summed E-state index contributed by atoms with van der Waals surface area (Å²) in [6, 6.07) is 3.43. The Morgan fingerprint density at radius 2 is 2.25 bits per heavy atom. The fourth-order valence-corrected chi connectivity index (χ4v) is 3.63. The minimum atomic E-state index is -0.220. The number of hydrogen-bond acceptors (Lipinski definition) is 5. The second-order valence-corrected chi connectivity index (χ2v) is 7.33. The van der Waals surface area contributed by atoms with Gasteiger partial charge < -0.3 is 4.90 Å². The van der Waals surface area contributed by atoms with Gasteiger partial charge in [-0.2, -0.15) is 0 Å². The summed E-state index contributed by atoms with van der Waals surface area (Å²) in [5, 5.41) is 3.39. The molecule has 126 valence electrons. The summed E-state index contributed by atoms with van der Waals surface area (Å²) in [7, 11) is 0. The van der Waals surface area contributed by atoms with Crippen LogP contribution in [-0.4, -0.2) is 33.2 Å². The summed E-state index contributed by atoms with van der Waals surface area (Å²) in [6.07, 6.45) is 4.45. The first-order valence-corrected chi connectivity index (χ1v) is 8.82. The van der Waals surface area contributed by atoms with Gasteiger partial charge in [0.15, 0.2) is 5.13 Å². The molecule has 0 spiro atoms. The molecule has 0 saturated carbocycles. The molecule has 3 heterocycles. The highest BCUT2D eigenvalue weighted by atomic mass is 32.1. The van der Waals surface area contributed by atoms with Crippen LogP contribution in [0.5, 0.6) is 0 Å². The van der Waals surface area contributed by atoms with Crippen LogP contribution in [0, 0.1) is 5.92 Å². The lowest BCUT2D eigenvalue weighted by Crippen LogP contribution is -2.36. The number of hydrogen-bond donors (Lipinski definition) is 1. The molecule has 1 aliphatic rings. The molecule has 0 atom stereocenters. The lowest BCUT2D eigenvalue weighted by Gasteiger charge is -2.26. The van der Waals surface area contributed by atoms with Crippen molar-refractivity contribution in [2.75, 3.05) is 11.9 Å². The van der Waals surface area contributed by atoms with E-state index in [2.05, 4.69) is 15.3 Å². The zero-order chi connectivity index (χ0) is 17.1. The maximum atomic E-state index is 12.2. The van der Waals surface area contributed by atoms with Gasteiger partial charge >= 0.3 is 0 Å². The Balaban J connectivity index is 1.67. The normalized spacial score (nSPS) is 13.7. The van der Waals surface area contributed by atoms with Crippen LogP contribution in [0.3, 0.4) is 0 Å². The van der Waals surface area contributed by atoms with Gasteiger partial charge in [-0.1, -0.05) is 25.2 Å². The number of amides is 2. The van der Waals surface area contributed by atoms with Crippen LogP contribution >= 0.6 is 11.3 Å². The van der Waals surface area contributed by atoms with Crippen LogP contribution in [0.4, 0.5) is 5.13 Å². The Hall–Kier alpha value is -2.28. The molecule has 6 nitrogen and oxygen atoms in total. The molecule has 0 unspecified atom stereocenters. The van der Waals surface area contributed by atoms with Gasteiger partial charge in [0.25, 0.3) is 5.91 Å². The van der Waals surface area contributed by atoms with E-state index in [4.69, 9.17) is 0 Å². The molecule has 2 aromatic rings. The van der Waals surface area contributed by atoms with Crippen molar-refractivity contribution in [2.45, 2.75) is 33.2 Å². The lowest BCUT2D eigenvalue weighted by atomic mass is 10.1. The third kappa shape index (κ3) is 3.79. The van der Waals surface area contributed by atoms with Crippen molar-refractivity contribution in [3.8, 4) is 0 Å². The Kier molecular flexibility index (Phi) is 4.89. The first-order valence-electron chi connectivity index (χ1n) is 8.00. The van der Waals surface area contributed by atoms with Crippen LogP contribution in [0.15, 0.2) is 24.5 Å². The van der Waals surface area contributed by atoms with Crippen LogP contribution in [-0.2, 0) is 17.8 Å². The average molecular weight is 344 g/mol. The third-order valence-electron chi connectivity index (χ3n) is 3.81. The monoisotopic (exact) mass is 344 g/mol. The largest absolute Gasteiger partial charge is 0.337 e. The van der Waals surface area contributed by atoms with E-state index in [1.807, 2.05) is 18.7 Å². The highest BCUT2D eigenvalue weighted by Gasteiger charge is 2.24. The van der Waals surface area contributed by atoms with E-state index < -0.39 is 0 Å². The van der Waals surface area contributed by atoms with Gasteiger partial charge in [0.1, 0.15) is 0 Å². The van der Waals surface area contributed by atoms with Crippen molar-refractivity contribution >= 4 is 28.3 Å². The predicted octanol–water partition coefficient (Wildman–Crippen LogP) is 2.72. The fourth-order valence-electron chi connectivity index (χ4n) is 2.61. The number of nitrogens with zero attached hydrogens (tertiary/aromatic N) is 3. The summed E-state index contributed by atoms with van der Waals surface area (Å²) in [5.74, 6) is 0.321. The summed E-state index contributed by atoms with van der Waals surface area (Å²) in [4.78, 5) is 35.8. The van der Waals surface area contributed by atoms with Crippen molar-refractivity contribution in [3.05, 3.63) is 40.7 Å². The van der Waals surface area contributed by atoms with Gasteiger partial charge in [-0.15, -0.1) is 0 Å². The van der Waals surface area contributed by atoms with E-state index in [1.165, 1.54) is 17.5 Å². The van der Waals surface area contributed by atoms with Gasteiger partial charge in [0.2, 0.25) is 5.91 Å². The molecule has 2 aromatic heterocycles. The van der Waals surface area contributed by atoms with Crippen molar-refractivity contribution in [1.82, 2.24) is 14.9 Å². The highest BCUT2D eigenvalue weighted by molar-refractivity contribution is 7.15. The molecule has 1 aliphatic heterocycles. The van der Waals surface area contributed by atoms with Gasteiger partial charge in [-0.25, -0.2) is 4.98 Å². The lowest BCUT2D eigenvalue weighted by molar-refractivity contribution is -0.132. The standard InChI is InChI=1S/C17H20N4O2S/c1-11(2)8-15(22)21-7-5-13-14(10-21)24-17(19-13)20-16(23)12-4-3-6-18-9-12/h3-4,6,9,11H,5,7-8,10H2,1-2H3,(H,19,20,23). The molecule has 7 heteroatoms. The Morgan fingerprint density at radius 1 is 1.42 bits per heavy atom. The van der Waals surface area contributed by atoms with Crippen LogP contribution in [0.25, 0.3) is 0 Å². The number of carbonyl (C=O) groups is 2. The Labute approximate surface area is 144 Å². The predicted molar refractivity (Wildman–Crippen MR) is 92.9 cm³/mol. The van der Waals surface area contributed by atoms with Gasteiger partial charge in [0.05, 0.1) is 17.8 Å². The first kappa shape index (κ1) is 16.6.